The molecule has 1 saturated carbocycles. The molecule has 1 fully saturated rings. The highest BCUT2D eigenvalue weighted by Crippen LogP contribution is 2.44. The number of nitrogens with two attached hydrogens (primary N) is 1. The molecule has 2 rings (SSSR count). The molecule has 2 unspecified atom stereocenters. The van der Waals surface area contributed by atoms with Crippen LogP contribution in [0.5, 0.6) is 0 Å². The van der Waals surface area contributed by atoms with Crippen molar-refractivity contribution >= 4 is 17.3 Å². The van der Waals surface area contributed by atoms with Gasteiger partial charge in [-0.2, -0.15) is 0 Å². The average molecular weight is 264 g/mol. The molecule has 4 N–H and O–H groups in total. The number of benzene rings is 1. The lowest BCUT2D eigenvalue weighted by Gasteiger charge is -2.51. The zero-order chi connectivity index (χ0) is 14.2. The second-order valence-electron chi connectivity index (χ2n) is 5.59. The quantitative estimate of drug-likeness (QED) is 0.726. The van der Waals surface area contributed by atoms with E-state index in [9.17, 15) is 4.79 Å². The van der Waals surface area contributed by atoms with Crippen molar-refractivity contribution in [2.75, 3.05) is 18.2 Å². The van der Waals surface area contributed by atoms with Gasteiger partial charge in [0.05, 0.1) is 23.0 Å². The van der Waals surface area contributed by atoms with Gasteiger partial charge in [-0.3, -0.25) is 0 Å². The predicted octanol–water partition coefficient (Wildman–Crippen LogP) is 2.19. The van der Waals surface area contributed by atoms with Crippen LogP contribution < -0.4 is 11.1 Å². The molecule has 5 heteroatoms. The number of ether oxygens (including phenoxy) is 1. The van der Waals surface area contributed by atoms with Crippen molar-refractivity contribution in [2.45, 2.75) is 32.4 Å². The summed E-state index contributed by atoms with van der Waals surface area (Å²) in [6.45, 7) is 4.25. The van der Waals surface area contributed by atoms with Crippen LogP contribution in [0.4, 0.5) is 11.4 Å². The topological polar surface area (TPSA) is 84.6 Å². The minimum atomic E-state index is -0.953. The number of nitrogen functional groups attached to an aromatic ring is 1. The fraction of sp³-hybridized carbons (Fsp3) is 0.500. The van der Waals surface area contributed by atoms with E-state index in [4.69, 9.17) is 15.6 Å². The molecule has 0 radical (unpaired) electrons. The number of aromatic carboxylic acids is 1. The van der Waals surface area contributed by atoms with E-state index in [1.165, 1.54) is 6.07 Å². The van der Waals surface area contributed by atoms with E-state index in [1.807, 2.05) is 0 Å². The fourth-order valence-corrected chi connectivity index (χ4v) is 2.53. The largest absolute Gasteiger partial charge is 0.478 e. The highest BCUT2D eigenvalue weighted by molar-refractivity contribution is 5.90. The van der Waals surface area contributed by atoms with E-state index in [-0.39, 0.29) is 23.1 Å². The van der Waals surface area contributed by atoms with E-state index in [0.29, 0.717) is 11.4 Å². The molecular weight excluding hydrogens is 244 g/mol. The van der Waals surface area contributed by atoms with Gasteiger partial charge in [-0.05, 0) is 24.6 Å². The molecule has 1 aromatic carbocycles. The first-order valence-electron chi connectivity index (χ1n) is 6.28. The van der Waals surface area contributed by atoms with Gasteiger partial charge in [0.2, 0.25) is 0 Å². The molecule has 104 valence electrons. The highest BCUT2D eigenvalue weighted by atomic mass is 16.5. The molecule has 0 aromatic heterocycles. The molecule has 0 aliphatic heterocycles. The van der Waals surface area contributed by atoms with Crippen LogP contribution >= 0.6 is 0 Å². The Balaban J connectivity index is 2.16. The van der Waals surface area contributed by atoms with Gasteiger partial charge in [0.25, 0.3) is 0 Å². The molecule has 5 nitrogen and oxygen atoms in total. The number of nitrogens with one attached hydrogen (secondary N) is 1. The fourth-order valence-electron chi connectivity index (χ4n) is 2.53. The van der Waals surface area contributed by atoms with Gasteiger partial charge in [0.1, 0.15) is 0 Å². The van der Waals surface area contributed by atoms with Crippen LogP contribution in [0.1, 0.15) is 30.6 Å². The van der Waals surface area contributed by atoms with Gasteiger partial charge in [-0.25, -0.2) is 4.79 Å². The summed E-state index contributed by atoms with van der Waals surface area (Å²) in [5.41, 5.74) is 7.35. The van der Waals surface area contributed by atoms with E-state index in [0.717, 1.165) is 6.42 Å². The Labute approximate surface area is 112 Å². The maximum Gasteiger partial charge on any atom is 0.335 e. The monoisotopic (exact) mass is 264 g/mol. The Bertz CT molecular complexity index is 499. The number of carboxylic acid groups (broad SMARTS) is 1. The normalized spacial score (nSPS) is 24.6. The Morgan fingerprint density at radius 2 is 2.21 bits per heavy atom. The van der Waals surface area contributed by atoms with Crippen molar-refractivity contribution in [2.24, 2.45) is 5.41 Å². The Morgan fingerprint density at radius 1 is 1.53 bits per heavy atom. The number of hydrogen-bond donors (Lipinski definition) is 3. The zero-order valence-corrected chi connectivity index (χ0v) is 11.4. The third-order valence-electron chi connectivity index (χ3n) is 4.09. The van der Waals surface area contributed by atoms with E-state index < -0.39 is 5.97 Å². The van der Waals surface area contributed by atoms with Crippen LogP contribution in [0.25, 0.3) is 0 Å². The number of hydrogen-bond acceptors (Lipinski definition) is 4. The number of carbonyl (C=O) groups is 1. The number of methoxy groups -OCH3 is 1. The summed E-state index contributed by atoms with van der Waals surface area (Å²) in [5, 5.41) is 12.3. The summed E-state index contributed by atoms with van der Waals surface area (Å²) < 4.78 is 5.40. The first-order chi connectivity index (χ1) is 8.86. The first-order valence-corrected chi connectivity index (χ1v) is 6.28. The standard InChI is InChI=1S/C14H20N2O3/c1-14(2)11(7-12(14)19-3)16-10-6-8(13(17)18)4-5-9(10)15/h4-6,11-12,16H,7,15H2,1-3H3,(H,17,18). The molecule has 1 aliphatic rings. The van der Waals surface area contributed by atoms with Gasteiger partial charge in [0, 0.05) is 18.6 Å². The van der Waals surface area contributed by atoms with Crippen LogP contribution in [-0.4, -0.2) is 30.3 Å². The molecule has 19 heavy (non-hydrogen) atoms. The number of carboxylic acids is 1. The molecule has 0 saturated heterocycles. The smallest absolute Gasteiger partial charge is 0.335 e. The summed E-state index contributed by atoms with van der Waals surface area (Å²) in [5.74, 6) is -0.953. The Kier molecular flexibility index (Phi) is 3.41. The highest BCUT2D eigenvalue weighted by Gasteiger charge is 2.48. The van der Waals surface area contributed by atoms with Crippen molar-refractivity contribution in [1.29, 1.82) is 0 Å². The summed E-state index contributed by atoms with van der Waals surface area (Å²) in [4.78, 5) is 11.0. The summed E-state index contributed by atoms with van der Waals surface area (Å²) in [7, 11) is 1.71. The van der Waals surface area contributed by atoms with Gasteiger partial charge in [-0.15, -0.1) is 0 Å². The van der Waals surface area contributed by atoms with Gasteiger partial charge >= 0.3 is 5.97 Å². The minimum Gasteiger partial charge on any atom is -0.478 e. The molecule has 0 bridgehead atoms. The molecule has 1 aromatic rings. The van der Waals surface area contributed by atoms with Gasteiger partial charge in [-0.1, -0.05) is 13.8 Å². The number of rotatable bonds is 4. The molecule has 0 heterocycles. The molecular formula is C14H20N2O3. The van der Waals surface area contributed by atoms with Crippen LogP contribution in [0.15, 0.2) is 18.2 Å². The van der Waals surface area contributed by atoms with Crippen molar-refractivity contribution in [3.63, 3.8) is 0 Å². The molecule has 0 amide bonds. The van der Waals surface area contributed by atoms with Gasteiger partial charge < -0.3 is 20.9 Å². The molecule has 1 aliphatic carbocycles. The second kappa shape index (κ2) is 4.74. The van der Waals surface area contributed by atoms with Crippen molar-refractivity contribution in [1.82, 2.24) is 0 Å². The van der Waals surface area contributed by atoms with Crippen LogP contribution in [0, 0.1) is 5.41 Å². The maximum absolute atomic E-state index is 11.0. The average Bonchev–Trinajstić information content (AvgIpc) is 2.35. The van der Waals surface area contributed by atoms with Gasteiger partial charge in [0.15, 0.2) is 0 Å². The lowest BCUT2D eigenvalue weighted by Crippen LogP contribution is -2.57. The zero-order valence-electron chi connectivity index (χ0n) is 11.4. The summed E-state index contributed by atoms with van der Waals surface area (Å²) in [6, 6.07) is 4.93. The Morgan fingerprint density at radius 3 is 2.74 bits per heavy atom. The SMILES string of the molecule is COC1CC(Nc2cc(C(=O)O)ccc2N)C1(C)C. The van der Waals surface area contributed by atoms with E-state index in [1.54, 1.807) is 19.2 Å². The first kappa shape index (κ1) is 13.7. The molecule has 2 atom stereocenters. The summed E-state index contributed by atoms with van der Waals surface area (Å²) >= 11 is 0. The third kappa shape index (κ3) is 2.38. The minimum absolute atomic E-state index is 0.000415. The Hall–Kier alpha value is -1.75. The van der Waals surface area contributed by atoms with Crippen molar-refractivity contribution in [3.05, 3.63) is 23.8 Å². The van der Waals surface area contributed by atoms with Crippen LogP contribution in [0.2, 0.25) is 0 Å². The maximum atomic E-state index is 11.0. The van der Waals surface area contributed by atoms with Crippen molar-refractivity contribution < 1.29 is 14.6 Å². The second-order valence-corrected chi connectivity index (χ2v) is 5.59. The van der Waals surface area contributed by atoms with Crippen LogP contribution in [0.3, 0.4) is 0 Å². The molecule has 0 spiro atoms. The van der Waals surface area contributed by atoms with Crippen molar-refractivity contribution in [3.8, 4) is 0 Å². The lowest BCUT2D eigenvalue weighted by atomic mass is 9.64. The van der Waals surface area contributed by atoms with Crippen LogP contribution in [-0.2, 0) is 4.74 Å². The predicted molar refractivity (Wildman–Crippen MR) is 74.4 cm³/mol. The van der Waals surface area contributed by atoms with E-state index in [2.05, 4.69) is 19.2 Å². The third-order valence-corrected chi connectivity index (χ3v) is 4.09. The van der Waals surface area contributed by atoms with E-state index >= 15 is 0 Å². The summed E-state index contributed by atoms with van der Waals surface area (Å²) in [6.07, 6.45) is 1.11. The lowest BCUT2D eigenvalue weighted by molar-refractivity contribution is -0.0794. The number of anilines is 2.